The van der Waals surface area contributed by atoms with Gasteiger partial charge in [0, 0.05) is 19.5 Å². The highest BCUT2D eigenvalue weighted by molar-refractivity contribution is 5.85. The Bertz CT molecular complexity index is 404. The second kappa shape index (κ2) is 7.43. The molecule has 2 aliphatic rings. The minimum Gasteiger partial charge on any atom is -0.481 e. The van der Waals surface area contributed by atoms with Gasteiger partial charge in [0.1, 0.15) is 0 Å². The molecule has 2 fully saturated rings. The van der Waals surface area contributed by atoms with Crippen molar-refractivity contribution in [3.63, 3.8) is 0 Å². The summed E-state index contributed by atoms with van der Waals surface area (Å²) in [5.74, 6) is -1.12. The van der Waals surface area contributed by atoms with E-state index in [0.717, 1.165) is 12.8 Å². The van der Waals surface area contributed by atoms with E-state index in [2.05, 4.69) is 5.32 Å². The van der Waals surface area contributed by atoms with Gasteiger partial charge in [0.05, 0.1) is 12.5 Å². The normalized spacial score (nSPS) is 23.0. The van der Waals surface area contributed by atoms with Gasteiger partial charge in [-0.1, -0.05) is 19.3 Å². The molecule has 6 nitrogen and oxygen atoms in total. The van der Waals surface area contributed by atoms with Crippen molar-refractivity contribution in [3.05, 3.63) is 0 Å². The molecule has 21 heavy (non-hydrogen) atoms. The van der Waals surface area contributed by atoms with Crippen LogP contribution >= 0.6 is 0 Å². The van der Waals surface area contributed by atoms with E-state index in [-0.39, 0.29) is 24.9 Å². The number of carbonyl (C=O) groups is 3. The van der Waals surface area contributed by atoms with Gasteiger partial charge in [0.25, 0.3) is 0 Å². The molecule has 0 aromatic rings. The summed E-state index contributed by atoms with van der Waals surface area (Å²) in [7, 11) is 0. The quantitative estimate of drug-likeness (QED) is 0.792. The van der Waals surface area contributed by atoms with Gasteiger partial charge in [-0.25, -0.2) is 0 Å². The highest BCUT2D eigenvalue weighted by atomic mass is 16.4. The van der Waals surface area contributed by atoms with Crippen LogP contribution in [0.4, 0.5) is 0 Å². The highest BCUT2D eigenvalue weighted by Gasteiger charge is 2.30. The number of carbonyl (C=O) groups excluding carboxylic acids is 2. The standard InChI is InChI=1S/C15H24N2O4/c18-13(8-11-4-2-1-3-5-11)16-9-14(19)17-7-6-12(10-17)15(20)21/h11-12H,1-10H2,(H,16,18)(H,20,21). The van der Waals surface area contributed by atoms with Crippen LogP contribution in [-0.4, -0.2) is 47.4 Å². The summed E-state index contributed by atoms with van der Waals surface area (Å²) in [5.41, 5.74) is 0. The lowest BCUT2D eigenvalue weighted by Gasteiger charge is -2.21. The maximum Gasteiger partial charge on any atom is 0.308 e. The van der Waals surface area contributed by atoms with Gasteiger partial charge in [0.15, 0.2) is 0 Å². The van der Waals surface area contributed by atoms with E-state index in [1.165, 1.54) is 24.2 Å². The number of rotatable bonds is 5. The summed E-state index contributed by atoms with van der Waals surface area (Å²) in [6, 6.07) is 0. The Labute approximate surface area is 124 Å². The summed E-state index contributed by atoms with van der Waals surface area (Å²) in [6.07, 6.45) is 6.86. The van der Waals surface area contributed by atoms with Crippen molar-refractivity contribution in [1.82, 2.24) is 10.2 Å². The second-order valence-electron chi connectivity index (χ2n) is 6.15. The maximum absolute atomic E-state index is 11.9. The summed E-state index contributed by atoms with van der Waals surface area (Å²) in [4.78, 5) is 36.1. The van der Waals surface area contributed by atoms with Crippen LogP contribution in [-0.2, 0) is 14.4 Å². The Hall–Kier alpha value is -1.59. The van der Waals surface area contributed by atoms with Crippen molar-refractivity contribution in [2.75, 3.05) is 19.6 Å². The SMILES string of the molecule is O=C(CC1CCCCC1)NCC(=O)N1CCC(C(=O)O)C1. The smallest absolute Gasteiger partial charge is 0.308 e. The van der Waals surface area contributed by atoms with E-state index in [1.807, 2.05) is 0 Å². The van der Waals surface area contributed by atoms with Gasteiger partial charge in [-0.15, -0.1) is 0 Å². The largest absolute Gasteiger partial charge is 0.481 e. The maximum atomic E-state index is 11.9. The Balaban J connectivity index is 1.66. The number of nitrogens with zero attached hydrogens (tertiary/aromatic N) is 1. The topological polar surface area (TPSA) is 86.7 Å². The predicted octanol–water partition coefficient (Wildman–Crippen LogP) is 1.01. The highest BCUT2D eigenvalue weighted by Crippen LogP contribution is 2.26. The molecular formula is C15H24N2O4. The zero-order chi connectivity index (χ0) is 15.2. The minimum absolute atomic E-state index is 0.0160. The van der Waals surface area contributed by atoms with Crippen LogP contribution in [0.15, 0.2) is 0 Å². The van der Waals surface area contributed by atoms with Crippen LogP contribution in [0.2, 0.25) is 0 Å². The average molecular weight is 296 g/mol. The molecule has 0 aromatic carbocycles. The monoisotopic (exact) mass is 296 g/mol. The molecule has 0 bridgehead atoms. The first-order valence-corrected chi connectivity index (χ1v) is 7.83. The van der Waals surface area contributed by atoms with E-state index in [9.17, 15) is 14.4 Å². The van der Waals surface area contributed by atoms with Gasteiger partial charge in [-0.2, -0.15) is 0 Å². The Morgan fingerprint density at radius 2 is 1.81 bits per heavy atom. The number of hydrogen-bond donors (Lipinski definition) is 2. The van der Waals surface area contributed by atoms with Gasteiger partial charge in [-0.05, 0) is 25.2 Å². The van der Waals surface area contributed by atoms with Gasteiger partial charge in [-0.3, -0.25) is 14.4 Å². The molecule has 1 unspecified atom stereocenters. The molecule has 2 rings (SSSR count). The molecule has 118 valence electrons. The molecule has 6 heteroatoms. The molecule has 0 aromatic heterocycles. The van der Waals surface area contributed by atoms with Crippen LogP contribution in [0.5, 0.6) is 0 Å². The molecule has 2 N–H and O–H groups in total. The third-order valence-corrected chi connectivity index (χ3v) is 4.53. The number of likely N-dealkylation sites (tertiary alicyclic amines) is 1. The molecule has 1 atom stereocenters. The number of amides is 2. The van der Waals surface area contributed by atoms with Crippen molar-refractivity contribution in [1.29, 1.82) is 0 Å². The fourth-order valence-electron chi connectivity index (χ4n) is 3.20. The zero-order valence-corrected chi connectivity index (χ0v) is 12.3. The van der Waals surface area contributed by atoms with E-state index < -0.39 is 11.9 Å². The Kier molecular flexibility index (Phi) is 5.59. The second-order valence-corrected chi connectivity index (χ2v) is 6.15. The van der Waals surface area contributed by atoms with Crippen molar-refractivity contribution in [2.45, 2.75) is 44.9 Å². The molecule has 1 aliphatic carbocycles. The van der Waals surface area contributed by atoms with E-state index >= 15 is 0 Å². The predicted molar refractivity (Wildman–Crippen MR) is 76.5 cm³/mol. The number of hydrogen-bond acceptors (Lipinski definition) is 3. The number of aliphatic carboxylic acids is 1. The Morgan fingerprint density at radius 3 is 2.43 bits per heavy atom. The lowest BCUT2D eigenvalue weighted by Crippen LogP contribution is -2.39. The summed E-state index contributed by atoms with van der Waals surface area (Å²) < 4.78 is 0. The van der Waals surface area contributed by atoms with E-state index in [4.69, 9.17) is 5.11 Å². The summed E-state index contributed by atoms with van der Waals surface area (Å²) in [6.45, 7) is 0.707. The lowest BCUT2D eigenvalue weighted by atomic mass is 9.87. The third kappa shape index (κ3) is 4.72. The molecule has 1 saturated heterocycles. The lowest BCUT2D eigenvalue weighted by molar-refractivity contribution is -0.141. The minimum atomic E-state index is -0.855. The van der Waals surface area contributed by atoms with E-state index in [0.29, 0.717) is 25.3 Å². The van der Waals surface area contributed by atoms with Gasteiger partial charge >= 0.3 is 5.97 Å². The van der Waals surface area contributed by atoms with E-state index in [1.54, 1.807) is 0 Å². The average Bonchev–Trinajstić information content (AvgIpc) is 2.96. The number of carboxylic acid groups (broad SMARTS) is 1. The molecule has 1 saturated carbocycles. The summed E-state index contributed by atoms with van der Waals surface area (Å²) >= 11 is 0. The van der Waals surface area contributed by atoms with Crippen LogP contribution in [0.3, 0.4) is 0 Å². The van der Waals surface area contributed by atoms with Crippen LogP contribution in [0.1, 0.15) is 44.9 Å². The van der Waals surface area contributed by atoms with Crippen LogP contribution < -0.4 is 5.32 Å². The summed E-state index contributed by atoms with van der Waals surface area (Å²) in [5, 5.41) is 11.6. The fourth-order valence-corrected chi connectivity index (χ4v) is 3.20. The van der Waals surface area contributed by atoms with Crippen molar-refractivity contribution in [2.24, 2.45) is 11.8 Å². The van der Waals surface area contributed by atoms with Crippen molar-refractivity contribution in [3.8, 4) is 0 Å². The Morgan fingerprint density at radius 1 is 1.10 bits per heavy atom. The van der Waals surface area contributed by atoms with Crippen molar-refractivity contribution >= 4 is 17.8 Å². The zero-order valence-electron chi connectivity index (χ0n) is 12.3. The van der Waals surface area contributed by atoms with Crippen LogP contribution in [0.25, 0.3) is 0 Å². The number of carboxylic acids is 1. The molecule has 2 amide bonds. The fraction of sp³-hybridized carbons (Fsp3) is 0.800. The van der Waals surface area contributed by atoms with Gasteiger partial charge in [0.2, 0.25) is 11.8 Å². The van der Waals surface area contributed by atoms with Crippen molar-refractivity contribution < 1.29 is 19.5 Å². The first-order chi connectivity index (χ1) is 10.1. The molecule has 1 aliphatic heterocycles. The number of nitrogens with one attached hydrogen (secondary N) is 1. The molecule has 0 radical (unpaired) electrons. The molecule has 1 heterocycles. The van der Waals surface area contributed by atoms with Gasteiger partial charge < -0.3 is 15.3 Å². The molecule has 0 spiro atoms. The first-order valence-electron chi connectivity index (χ1n) is 7.83. The third-order valence-electron chi connectivity index (χ3n) is 4.53. The first kappa shape index (κ1) is 15.8. The molecular weight excluding hydrogens is 272 g/mol. The van der Waals surface area contributed by atoms with Crippen LogP contribution in [0, 0.1) is 11.8 Å².